The molecule has 8 nitrogen and oxygen atoms in total. The Kier molecular flexibility index (Phi) is 5.67. The Bertz CT molecular complexity index is 1190. The van der Waals surface area contributed by atoms with Gasteiger partial charge in [0.2, 0.25) is 16.7 Å². The van der Waals surface area contributed by atoms with Crippen LogP contribution in [0.4, 0.5) is 0 Å². The normalized spacial score (nSPS) is 16.4. The molecule has 1 N–H and O–H groups in total. The SMILES string of the molecule is CCOC(=O)C1CCN([C@H](c2ccccc2)c2sc3nc(-c4ccco4)nn3c2O)CC1. The Labute approximate surface area is 189 Å². The third kappa shape index (κ3) is 3.78. The number of carbonyl (C=O) groups excluding carboxylic acids is 1. The van der Waals surface area contributed by atoms with Crippen LogP contribution in [0.2, 0.25) is 0 Å². The van der Waals surface area contributed by atoms with Crippen molar-refractivity contribution in [2.75, 3.05) is 19.7 Å². The number of hydrogen-bond donors (Lipinski definition) is 1. The molecule has 166 valence electrons. The van der Waals surface area contributed by atoms with Crippen LogP contribution in [0.3, 0.4) is 0 Å². The van der Waals surface area contributed by atoms with E-state index < -0.39 is 0 Å². The van der Waals surface area contributed by atoms with Crippen LogP contribution in [0, 0.1) is 5.92 Å². The number of ether oxygens (including phenoxy) is 1. The molecule has 1 aliphatic heterocycles. The van der Waals surface area contributed by atoms with Crippen molar-refractivity contribution < 1.29 is 19.1 Å². The molecule has 1 aliphatic rings. The van der Waals surface area contributed by atoms with E-state index in [9.17, 15) is 9.90 Å². The van der Waals surface area contributed by atoms with Crippen LogP contribution in [-0.2, 0) is 9.53 Å². The van der Waals surface area contributed by atoms with E-state index in [1.54, 1.807) is 18.4 Å². The zero-order valence-corrected chi connectivity index (χ0v) is 18.5. The molecule has 0 amide bonds. The minimum atomic E-state index is -0.153. The van der Waals surface area contributed by atoms with Gasteiger partial charge in [0.1, 0.15) is 0 Å². The molecule has 4 aromatic rings. The van der Waals surface area contributed by atoms with Gasteiger partial charge >= 0.3 is 5.97 Å². The largest absolute Gasteiger partial charge is 0.492 e. The van der Waals surface area contributed by atoms with Gasteiger partial charge in [-0.1, -0.05) is 41.7 Å². The lowest BCUT2D eigenvalue weighted by Crippen LogP contribution is -2.39. The molecule has 5 rings (SSSR count). The molecule has 1 fully saturated rings. The molecular formula is C23H24N4O4S. The molecule has 9 heteroatoms. The molecule has 0 radical (unpaired) electrons. The Balaban J connectivity index is 1.47. The maximum atomic E-state index is 12.2. The van der Waals surface area contributed by atoms with E-state index in [0.717, 1.165) is 36.4 Å². The molecule has 0 bridgehead atoms. The number of likely N-dealkylation sites (tertiary alicyclic amines) is 1. The van der Waals surface area contributed by atoms with Crippen molar-refractivity contribution >= 4 is 22.3 Å². The lowest BCUT2D eigenvalue weighted by Gasteiger charge is -2.36. The maximum Gasteiger partial charge on any atom is 0.309 e. The Hall–Kier alpha value is -3.17. The number of hydrogen-bond acceptors (Lipinski definition) is 8. The quantitative estimate of drug-likeness (QED) is 0.440. The smallest absolute Gasteiger partial charge is 0.309 e. The molecule has 1 atom stereocenters. The minimum Gasteiger partial charge on any atom is -0.492 e. The third-order valence-electron chi connectivity index (χ3n) is 5.82. The molecule has 0 spiro atoms. The number of carbonyl (C=O) groups is 1. The van der Waals surface area contributed by atoms with E-state index in [1.165, 1.54) is 15.9 Å². The van der Waals surface area contributed by atoms with Gasteiger partial charge in [-0.05, 0) is 50.6 Å². The standard InChI is InChI=1S/C23H24N4O4S/c1-2-30-22(29)16-10-12-26(13-11-16)18(15-7-4-3-5-8-15)19-21(28)27-23(32-19)24-20(25-27)17-9-6-14-31-17/h3-9,14,16,18,28H,2,10-13H2,1H3/t18-/m1/s1. The summed E-state index contributed by atoms with van der Waals surface area (Å²) in [4.78, 5) is 20.4. The number of benzene rings is 1. The first-order chi connectivity index (χ1) is 15.7. The molecule has 0 saturated carbocycles. The van der Waals surface area contributed by atoms with E-state index in [0.29, 0.717) is 23.2 Å². The van der Waals surface area contributed by atoms with E-state index in [4.69, 9.17) is 9.15 Å². The Morgan fingerprint density at radius 3 is 2.69 bits per heavy atom. The minimum absolute atomic E-state index is 0.0746. The van der Waals surface area contributed by atoms with Gasteiger partial charge in [0, 0.05) is 0 Å². The Morgan fingerprint density at radius 2 is 2.03 bits per heavy atom. The van der Waals surface area contributed by atoms with Gasteiger partial charge in [-0.15, -0.1) is 5.10 Å². The van der Waals surface area contributed by atoms with Crippen LogP contribution in [0.5, 0.6) is 5.88 Å². The van der Waals surface area contributed by atoms with Crippen LogP contribution in [0.25, 0.3) is 16.5 Å². The summed E-state index contributed by atoms with van der Waals surface area (Å²) in [7, 11) is 0. The molecule has 0 unspecified atom stereocenters. The number of thiazole rings is 1. The highest BCUT2D eigenvalue weighted by Gasteiger charge is 2.34. The molecule has 1 aromatic carbocycles. The summed E-state index contributed by atoms with van der Waals surface area (Å²) in [5.74, 6) is 0.888. The van der Waals surface area contributed by atoms with Crippen molar-refractivity contribution in [2.45, 2.75) is 25.8 Å². The first-order valence-corrected chi connectivity index (χ1v) is 11.5. The summed E-state index contributed by atoms with van der Waals surface area (Å²) in [6.07, 6.45) is 3.03. The predicted molar refractivity (Wildman–Crippen MR) is 119 cm³/mol. The third-order valence-corrected chi connectivity index (χ3v) is 6.89. The lowest BCUT2D eigenvalue weighted by molar-refractivity contribution is -0.149. The van der Waals surface area contributed by atoms with Gasteiger partial charge in [0.15, 0.2) is 5.76 Å². The van der Waals surface area contributed by atoms with Crippen molar-refractivity contribution in [2.24, 2.45) is 5.92 Å². The molecule has 1 saturated heterocycles. The average Bonchev–Trinajstić information content (AvgIpc) is 3.54. The first-order valence-electron chi connectivity index (χ1n) is 10.7. The van der Waals surface area contributed by atoms with Crippen LogP contribution < -0.4 is 0 Å². The predicted octanol–water partition coefficient (Wildman–Crippen LogP) is 4.12. The maximum absolute atomic E-state index is 12.2. The van der Waals surface area contributed by atoms with Crippen LogP contribution in [-0.4, -0.2) is 50.3 Å². The van der Waals surface area contributed by atoms with E-state index in [2.05, 4.69) is 27.1 Å². The highest BCUT2D eigenvalue weighted by molar-refractivity contribution is 7.17. The summed E-state index contributed by atoms with van der Waals surface area (Å²) in [6, 6.07) is 13.5. The highest BCUT2D eigenvalue weighted by atomic mass is 32.1. The van der Waals surface area contributed by atoms with Gasteiger partial charge in [-0.2, -0.15) is 9.50 Å². The summed E-state index contributed by atoms with van der Waals surface area (Å²) in [5, 5.41) is 15.6. The zero-order valence-electron chi connectivity index (χ0n) is 17.7. The number of aromatic hydroxyl groups is 1. The van der Waals surface area contributed by atoms with Gasteiger partial charge in [-0.25, -0.2) is 0 Å². The number of fused-ring (bicyclic) bond motifs is 1. The van der Waals surface area contributed by atoms with Crippen molar-refractivity contribution in [3.8, 4) is 17.5 Å². The van der Waals surface area contributed by atoms with Gasteiger partial charge < -0.3 is 14.3 Å². The molecule has 0 aliphatic carbocycles. The van der Waals surface area contributed by atoms with Crippen molar-refractivity contribution in [1.29, 1.82) is 0 Å². The molecule has 4 heterocycles. The number of rotatable bonds is 6. The van der Waals surface area contributed by atoms with Gasteiger partial charge in [0.25, 0.3) is 0 Å². The van der Waals surface area contributed by atoms with Crippen molar-refractivity contribution in [3.63, 3.8) is 0 Å². The van der Waals surface area contributed by atoms with Crippen LogP contribution in [0.15, 0.2) is 53.1 Å². The highest BCUT2D eigenvalue weighted by Crippen LogP contribution is 2.41. The van der Waals surface area contributed by atoms with Crippen molar-refractivity contribution in [3.05, 3.63) is 59.2 Å². The topological polar surface area (TPSA) is 93.1 Å². The number of piperidine rings is 1. The second-order valence-corrected chi connectivity index (χ2v) is 8.78. The van der Waals surface area contributed by atoms with Gasteiger partial charge in [0.05, 0.1) is 29.7 Å². The first kappa shape index (κ1) is 20.7. The fraction of sp³-hybridized carbons (Fsp3) is 0.348. The summed E-state index contributed by atoms with van der Waals surface area (Å²) in [6.45, 7) is 3.70. The number of nitrogens with zero attached hydrogens (tertiary/aromatic N) is 4. The summed E-state index contributed by atoms with van der Waals surface area (Å²) >= 11 is 1.42. The van der Waals surface area contributed by atoms with E-state index in [-0.39, 0.29) is 23.8 Å². The van der Waals surface area contributed by atoms with E-state index >= 15 is 0 Å². The molecule has 32 heavy (non-hydrogen) atoms. The van der Waals surface area contributed by atoms with E-state index in [1.807, 2.05) is 25.1 Å². The Morgan fingerprint density at radius 1 is 1.25 bits per heavy atom. The monoisotopic (exact) mass is 452 g/mol. The second kappa shape index (κ2) is 8.76. The van der Waals surface area contributed by atoms with Crippen LogP contribution >= 0.6 is 11.3 Å². The van der Waals surface area contributed by atoms with Gasteiger partial charge in [-0.3, -0.25) is 9.69 Å². The zero-order chi connectivity index (χ0) is 22.1. The number of furan rings is 1. The fourth-order valence-electron chi connectivity index (χ4n) is 4.26. The molecular weight excluding hydrogens is 428 g/mol. The summed E-state index contributed by atoms with van der Waals surface area (Å²) in [5.41, 5.74) is 1.08. The van der Waals surface area contributed by atoms with Crippen LogP contribution in [0.1, 0.15) is 36.2 Å². The number of aromatic nitrogens is 3. The summed E-state index contributed by atoms with van der Waals surface area (Å²) < 4.78 is 12.1. The van der Waals surface area contributed by atoms with Crippen molar-refractivity contribution in [1.82, 2.24) is 19.5 Å². The number of esters is 1. The second-order valence-electron chi connectivity index (χ2n) is 7.77. The fourth-order valence-corrected chi connectivity index (χ4v) is 5.37. The lowest BCUT2D eigenvalue weighted by atomic mass is 9.94. The average molecular weight is 453 g/mol. The molecule has 3 aromatic heterocycles.